The Hall–Kier alpha value is -2.59. The molecule has 0 atom stereocenters. The lowest BCUT2D eigenvalue weighted by Crippen LogP contribution is -1.86. The van der Waals surface area contributed by atoms with Crippen molar-refractivity contribution in [3.63, 3.8) is 0 Å². The molecule has 0 saturated carbocycles. The van der Waals surface area contributed by atoms with Crippen LogP contribution in [0, 0.1) is 29.1 Å². The number of nitriles is 2. The Labute approximate surface area is 86.0 Å². The summed E-state index contributed by atoms with van der Waals surface area (Å²) < 4.78 is 4.71. The Morgan fingerprint density at radius 1 is 1.27 bits per heavy atom. The maximum Gasteiger partial charge on any atom is 0.284 e. The summed E-state index contributed by atoms with van der Waals surface area (Å²) >= 11 is 0. The number of oxazole rings is 1. The summed E-state index contributed by atoms with van der Waals surface area (Å²) in [6.07, 6.45) is 3.71. The second-order valence-electron chi connectivity index (χ2n) is 2.81. The highest BCUT2D eigenvalue weighted by molar-refractivity contribution is 5.67. The zero-order chi connectivity index (χ0) is 10.7. The van der Waals surface area contributed by atoms with E-state index >= 15 is 0 Å². The minimum atomic E-state index is 0.399. The van der Waals surface area contributed by atoms with Crippen molar-refractivity contribution in [1.82, 2.24) is 4.98 Å². The zero-order valence-corrected chi connectivity index (χ0v) is 7.56. The molecule has 4 heteroatoms. The standard InChI is InChI=1S/C11H4N3O/c12-4-8-1-2-10(9(3-8)5-13)11-6-15-7-14-11/h1-3,6H. The maximum atomic E-state index is 8.91. The predicted octanol–water partition coefficient (Wildman–Crippen LogP) is 1.89. The van der Waals surface area contributed by atoms with E-state index in [1.165, 1.54) is 12.3 Å². The summed E-state index contributed by atoms with van der Waals surface area (Å²) in [4.78, 5) is 3.82. The van der Waals surface area contributed by atoms with Crippen LogP contribution in [0.3, 0.4) is 0 Å². The summed E-state index contributed by atoms with van der Waals surface area (Å²) in [6.45, 7) is 0. The molecule has 2 rings (SSSR count). The van der Waals surface area contributed by atoms with Crippen LogP contribution in [0.1, 0.15) is 11.1 Å². The average molecular weight is 194 g/mol. The molecule has 69 valence electrons. The summed E-state index contributed by atoms with van der Waals surface area (Å²) in [5.41, 5.74) is 2.02. The van der Waals surface area contributed by atoms with E-state index in [0.29, 0.717) is 22.4 Å². The Morgan fingerprint density at radius 2 is 2.13 bits per heavy atom. The van der Waals surface area contributed by atoms with Crippen molar-refractivity contribution in [3.05, 3.63) is 42.0 Å². The second-order valence-corrected chi connectivity index (χ2v) is 2.81. The Morgan fingerprint density at radius 3 is 2.73 bits per heavy atom. The van der Waals surface area contributed by atoms with Gasteiger partial charge in [0.2, 0.25) is 0 Å². The molecule has 0 aliphatic carbocycles. The van der Waals surface area contributed by atoms with E-state index < -0.39 is 0 Å². The molecule has 0 amide bonds. The van der Waals surface area contributed by atoms with Crippen LogP contribution in [0.25, 0.3) is 11.3 Å². The monoisotopic (exact) mass is 194 g/mol. The summed E-state index contributed by atoms with van der Waals surface area (Å²) in [7, 11) is 0. The summed E-state index contributed by atoms with van der Waals surface area (Å²) in [5, 5.41) is 17.6. The smallest absolute Gasteiger partial charge is 0.284 e. The normalized spacial score (nSPS) is 9.20. The van der Waals surface area contributed by atoms with E-state index in [-0.39, 0.29) is 0 Å². The molecule has 1 heterocycles. The van der Waals surface area contributed by atoms with E-state index in [0.717, 1.165) is 0 Å². The van der Waals surface area contributed by atoms with Gasteiger partial charge in [0.1, 0.15) is 12.0 Å². The molecule has 15 heavy (non-hydrogen) atoms. The minimum Gasteiger partial charge on any atom is -0.440 e. The van der Waals surface area contributed by atoms with E-state index in [9.17, 15) is 0 Å². The van der Waals surface area contributed by atoms with Gasteiger partial charge in [-0.15, -0.1) is 0 Å². The van der Waals surface area contributed by atoms with Gasteiger partial charge < -0.3 is 4.42 Å². The quantitative estimate of drug-likeness (QED) is 0.694. The lowest BCUT2D eigenvalue weighted by Gasteiger charge is -1.98. The number of hydrogen-bond acceptors (Lipinski definition) is 4. The summed E-state index contributed by atoms with van der Waals surface area (Å²) in [5.74, 6) is 0. The van der Waals surface area contributed by atoms with Gasteiger partial charge in [0.05, 0.1) is 23.3 Å². The van der Waals surface area contributed by atoms with Crippen molar-refractivity contribution < 1.29 is 4.42 Å². The molecule has 1 radical (unpaired) electrons. The van der Waals surface area contributed by atoms with Crippen LogP contribution in [-0.4, -0.2) is 4.98 Å². The van der Waals surface area contributed by atoms with Crippen molar-refractivity contribution >= 4 is 0 Å². The van der Waals surface area contributed by atoms with E-state index in [1.54, 1.807) is 12.1 Å². The van der Waals surface area contributed by atoms with Crippen LogP contribution in [0.5, 0.6) is 0 Å². The molecule has 0 aliphatic rings. The summed E-state index contributed by atoms with van der Waals surface area (Å²) in [6, 6.07) is 8.80. The van der Waals surface area contributed by atoms with Crippen LogP contribution in [0.4, 0.5) is 0 Å². The van der Waals surface area contributed by atoms with Crippen molar-refractivity contribution in [2.24, 2.45) is 0 Å². The largest absolute Gasteiger partial charge is 0.440 e. The van der Waals surface area contributed by atoms with Gasteiger partial charge in [-0.2, -0.15) is 10.5 Å². The first kappa shape index (κ1) is 8.98. The molecule has 0 fully saturated rings. The van der Waals surface area contributed by atoms with Gasteiger partial charge in [0, 0.05) is 5.56 Å². The van der Waals surface area contributed by atoms with Crippen molar-refractivity contribution in [1.29, 1.82) is 10.5 Å². The molecule has 1 aromatic carbocycles. The van der Waals surface area contributed by atoms with Gasteiger partial charge in [-0.05, 0) is 12.1 Å². The first-order valence-corrected chi connectivity index (χ1v) is 4.11. The molecule has 0 N–H and O–H groups in total. The first-order valence-electron chi connectivity index (χ1n) is 4.11. The third kappa shape index (κ3) is 1.56. The highest BCUT2D eigenvalue weighted by Crippen LogP contribution is 2.22. The Kier molecular flexibility index (Phi) is 2.19. The lowest BCUT2D eigenvalue weighted by atomic mass is 10.0. The van der Waals surface area contributed by atoms with Crippen LogP contribution in [-0.2, 0) is 0 Å². The molecule has 0 saturated heterocycles. The average Bonchev–Trinajstić information content (AvgIpc) is 2.81. The molecular formula is C11H4N3O. The topological polar surface area (TPSA) is 73.6 Å². The predicted molar refractivity (Wildman–Crippen MR) is 50.2 cm³/mol. The molecule has 0 unspecified atom stereocenters. The number of hydrogen-bond donors (Lipinski definition) is 0. The fourth-order valence-electron chi connectivity index (χ4n) is 1.24. The maximum absolute atomic E-state index is 8.91. The SMILES string of the molecule is N#Cc1ccc(-c2co[c]n2)c(C#N)c1. The zero-order valence-electron chi connectivity index (χ0n) is 7.56. The highest BCUT2D eigenvalue weighted by Gasteiger charge is 2.08. The van der Waals surface area contributed by atoms with Gasteiger partial charge in [0.15, 0.2) is 0 Å². The second kappa shape index (κ2) is 3.65. The van der Waals surface area contributed by atoms with E-state index in [1.807, 2.05) is 12.1 Å². The van der Waals surface area contributed by atoms with Gasteiger partial charge in [0.25, 0.3) is 6.39 Å². The molecule has 0 bridgehead atoms. The third-order valence-corrected chi connectivity index (χ3v) is 1.93. The fraction of sp³-hybridized carbons (Fsp3) is 0. The minimum absolute atomic E-state index is 0.399. The molecule has 4 nitrogen and oxygen atoms in total. The number of rotatable bonds is 1. The molecule has 0 spiro atoms. The van der Waals surface area contributed by atoms with Gasteiger partial charge in [-0.25, -0.2) is 4.98 Å². The number of aromatic nitrogens is 1. The highest BCUT2D eigenvalue weighted by atomic mass is 16.3. The molecular weight excluding hydrogens is 190 g/mol. The van der Waals surface area contributed by atoms with Crippen LogP contribution in [0.2, 0.25) is 0 Å². The molecule has 1 aromatic heterocycles. The Balaban J connectivity index is 2.60. The first-order chi connectivity index (χ1) is 7.35. The number of nitrogens with zero attached hydrogens (tertiary/aromatic N) is 3. The lowest BCUT2D eigenvalue weighted by molar-refractivity contribution is 0.548. The van der Waals surface area contributed by atoms with Gasteiger partial charge in [-0.1, -0.05) is 6.07 Å². The van der Waals surface area contributed by atoms with Crippen LogP contribution < -0.4 is 0 Å². The number of benzene rings is 1. The van der Waals surface area contributed by atoms with Crippen LogP contribution >= 0.6 is 0 Å². The van der Waals surface area contributed by atoms with Crippen LogP contribution in [0.15, 0.2) is 28.9 Å². The van der Waals surface area contributed by atoms with Crippen molar-refractivity contribution in [3.8, 4) is 23.4 Å². The Bertz CT molecular complexity index is 559. The molecule has 0 aliphatic heterocycles. The van der Waals surface area contributed by atoms with E-state index in [2.05, 4.69) is 11.4 Å². The van der Waals surface area contributed by atoms with Gasteiger partial charge >= 0.3 is 0 Å². The van der Waals surface area contributed by atoms with Crippen molar-refractivity contribution in [2.75, 3.05) is 0 Å². The van der Waals surface area contributed by atoms with Gasteiger partial charge in [-0.3, -0.25) is 0 Å². The molecule has 2 aromatic rings. The van der Waals surface area contributed by atoms with Crippen molar-refractivity contribution in [2.45, 2.75) is 0 Å². The third-order valence-electron chi connectivity index (χ3n) is 1.93. The fourth-order valence-corrected chi connectivity index (χ4v) is 1.24. The van der Waals surface area contributed by atoms with E-state index in [4.69, 9.17) is 14.9 Å².